The average Bonchev–Trinajstić information content (AvgIpc) is 2.54. The monoisotopic (exact) mass is 230 g/mol. The summed E-state index contributed by atoms with van der Waals surface area (Å²) in [5, 5.41) is 4.08. The third-order valence-corrected chi connectivity index (χ3v) is 2.46. The van der Waals surface area contributed by atoms with E-state index in [9.17, 15) is 13.6 Å². The zero-order valence-corrected chi connectivity index (χ0v) is 9.76. The summed E-state index contributed by atoms with van der Waals surface area (Å²) in [7, 11) is 0. The zero-order valence-electron chi connectivity index (χ0n) is 9.76. The molecule has 0 spiro atoms. The molecule has 0 amide bonds. The first-order valence-corrected chi connectivity index (χ1v) is 5.38. The van der Waals surface area contributed by atoms with Crippen molar-refractivity contribution < 1.29 is 13.6 Å². The van der Waals surface area contributed by atoms with Crippen LogP contribution < -0.4 is 0 Å². The molecule has 0 aromatic carbocycles. The SMILES string of the molecule is CCc1nn(CC(F)F)c(CC)c1C(C)=O. The molecular formula is C11H16F2N2O. The van der Waals surface area contributed by atoms with E-state index in [2.05, 4.69) is 5.10 Å². The lowest BCUT2D eigenvalue weighted by atomic mass is 10.1. The molecule has 16 heavy (non-hydrogen) atoms. The maximum Gasteiger partial charge on any atom is 0.257 e. The fourth-order valence-electron chi connectivity index (χ4n) is 1.85. The highest BCUT2D eigenvalue weighted by Gasteiger charge is 2.20. The van der Waals surface area contributed by atoms with Gasteiger partial charge in [-0.3, -0.25) is 9.48 Å². The molecule has 0 N–H and O–H groups in total. The molecule has 0 fully saturated rings. The molecule has 0 unspecified atom stereocenters. The summed E-state index contributed by atoms with van der Waals surface area (Å²) in [5.74, 6) is -0.103. The number of aryl methyl sites for hydroxylation is 1. The van der Waals surface area contributed by atoms with Gasteiger partial charge in [0.2, 0.25) is 0 Å². The summed E-state index contributed by atoms with van der Waals surface area (Å²) in [6.45, 7) is 4.71. The number of carbonyl (C=O) groups excluding carboxylic acids is 1. The highest BCUT2D eigenvalue weighted by Crippen LogP contribution is 2.18. The molecule has 0 saturated carbocycles. The largest absolute Gasteiger partial charge is 0.294 e. The molecule has 90 valence electrons. The van der Waals surface area contributed by atoms with Gasteiger partial charge in [0.05, 0.1) is 11.3 Å². The van der Waals surface area contributed by atoms with E-state index in [0.717, 1.165) is 0 Å². The van der Waals surface area contributed by atoms with Gasteiger partial charge >= 0.3 is 0 Å². The van der Waals surface area contributed by atoms with Crippen LogP contribution in [0.5, 0.6) is 0 Å². The van der Waals surface area contributed by atoms with Crippen LogP contribution in [0.3, 0.4) is 0 Å². The van der Waals surface area contributed by atoms with Crippen LogP contribution in [-0.4, -0.2) is 22.0 Å². The van der Waals surface area contributed by atoms with Crippen molar-refractivity contribution in [3.63, 3.8) is 0 Å². The van der Waals surface area contributed by atoms with Gasteiger partial charge in [-0.15, -0.1) is 0 Å². The number of hydrogen-bond acceptors (Lipinski definition) is 2. The Kier molecular flexibility index (Phi) is 4.15. The van der Waals surface area contributed by atoms with Crippen molar-refractivity contribution >= 4 is 5.78 Å². The lowest BCUT2D eigenvalue weighted by molar-refractivity contribution is 0.101. The van der Waals surface area contributed by atoms with Crippen molar-refractivity contribution in [1.29, 1.82) is 0 Å². The molecule has 5 heteroatoms. The summed E-state index contributed by atoms with van der Waals surface area (Å²) in [6.07, 6.45) is -1.33. The molecule has 1 aromatic heterocycles. The van der Waals surface area contributed by atoms with Gasteiger partial charge in [-0.25, -0.2) is 8.78 Å². The van der Waals surface area contributed by atoms with E-state index >= 15 is 0 Å². The molecule has 3 nitrogen and oxygen atoms in total. The van der Waals surface area contributed by atoms with Crippen LogP contribution >= 0.6 is 0 Å². The Hall–Kier alpha value is -1.26. The van der Waals surface area contributed by atoms with E-state index in [1.54, 1.807) is 0 Å². The highest BCUT2D eigenvalue weighted by molar-refractivity contribution is 5.96. The summed E-state index contributed by atoms with van der Waals surface area (Å²) in [5.41, 5.74) is 1.75. The van der Waals surface area contributed by atoms with Crippen LogP contribution in [0.1, 0.15) is 42.5 Å². The van der Waals surface area contributed by atoms with Crippen molar-refractivity contribution in [2.24, 2.45) is 0 Å². The fourth-order valence-corrected chi connectivity index (χ4v) is 1.85. The van der Waals surface area contributed by atoms with Crippen molar-refractivity contribution in [2.45, 2.75) is 46.6 Å². The van der Waals surface area contributed by atoms with Gasteiger partial charge in [-0.1, -0.05) is 13.8 Å². The van der Waals surface area contributed by atoms with Crippen LogP contribution in [0, 0.1) is 0 Å². The molecule has 1 rings (SSSR count). The van der Waals surface area contributed by atoms with E-state index < -0.39 is 13.0 Å². The van der Waals surface area contributed by atoms with E-state index in [4.69, 9.17) is 0 Å². The predicted molar refractivity (Wildman–Crippen MR) is 57.0 cm³/mol. The van der Waals surface area contributed by atoms with Crippen LogP contribution in [0.2, 0.25) is 0 Å². The highest BCUT2D eigenvalue weighted by atomic mass is 19.3. The number of hydrogen-bond donors (Lipinski definition) is 0. The van der Waals surface area contributed by atoms with Crippen molar-refractivity contribution in [3.05, 3.63) is 17.0 Å². The Morgan fingerprint density at radius 3 is 2.38 bits per heavy atom. The number of aromatic nitrogens is 2. The van der Waals surface area contributed by atoms with E-state index in [1.165, 1.54) is 11.6 Å². The van der Waals surface area contributed by atoms with Crippen LogP contribution in [0.4, 0.5) is 8.78 Å². The first kappa shape index (κ1) is 12.8. The molecule has 0 saturated heterocycles. The lowest BCUT2D eigenvalue weighted by Gasteiger charge is -2.05. The fraction of sp³-hybridized carbons (Fsp3) is 0.636. The van der Waals surface area contributed by atoms with Gasteiger partial charge in [-0.05, 0) is 19.8 Å². The van der Waals surface area contributed by atoms with Gasteiger partial charge in [0.1, 0.15) is 6.54 Å². The summed E-state index contributed by atoms with van der Waals surface area (Å²) in [4.78, 5) is 11.5. The number of nitrogens with zero attached hydrogens (tertiary/aromatic N) is 2. The van der Waals surface area contributed by atoms with E-state index in [1.807, 2.05) is 13.8 Å². The molecule has 0 aliphatic rings. The lowest BCUT2D eigenvalue weighted by Crippen LogP contribution is -2.12. The Bertz CT molecular complexity index is 386. The van der Waals surface area contributed by atoms with Gasteiger partial charge in [0.15, 0.2) is 5.78 Å². The number of rotatable bonds is 5. The van der Waals surface area contributed by atoms with E-state index in [0.29, 0.717) is 29.8 Å². The minimum Gasteiger partial charge on any atom is -0.294 e. The number of Topliss-reactive ketones (excluding diaryl/α,β-unsaturated/α-hetero) is 1. The second-order valence-electron chi connectivity index (χ2n) is 3.60. The first-order chi connectivity index (χ1) is 7.51. The number of halogens is 2. The molecule has 0 aliphatic heterocycles. The molecule has 0 aliphatic carbocycles. The Morgan fingerprint density at radius 2 is 2.00 bits per heavy atom. The Balaban J connectivity index is 3.24. The maximum atomic E-state index is 12.3. The van der Waals surface area contributed by atoms with E-state index in [-0.39, 0.29) is 5.78 Å². The topological polar surface area (TPSA) is 34.9 Å². The summed E-state index contributed by atoms with van der Waals surface area (Å²) < 4.78 is 25.9. The minimum absolute atomic E-state index is 0.103. The summed E-state index contributed by atoms with van der Waals surface area (Å²) in [6, 6.07) is 0. The Labute approximate surface area is 93.5 Å². The van der Waals surface area contributed by atoms with Crippen molar-refractivity contribution in [1.82, 2.24) is 9.78 Å². The maximum absolute atomic E-state index is 12.3. The first-order valence-electron chi connectivity index (χ1n) is 5.38. The van der Waals surface area contributed by atoms with Crippen LogP contribution in [0.15, 0.2) is 0 Å². The molecule has 0 bridgehead atoms. The second-order valence-corrected chi connectivity index (χ2v) is 3.60. The third kappa shape index (κ3) is 2.46. The van der Waals surface area contributed by atoms with Crippen molar-refractivity contribution in [2.75, 3.05) is 0 Å². The second kappa shape index (κ2) is 5.18. The van der Waals surface area contributed by atoms with Gasteiger partial charge in [0, 0.05) is 5.69 Å². The quantitative estimate of drug-likeness (QED) is 0.728. The molecule has 1 aromatic rings. The minimum atomic E-state index is -2.45. The zero-order chi connectivity index (χ0) is 12.3. The Morgan fingerprint density at radius 1 is 1.38 bits per heavy atom. The standard InChI is InChI=1S/C11H16F2N2O/c1-4-8-11(7(3)16)9(5-2)15(14-8)6-10(12)13/h10H,4-6H2,1-3H3. The molecular weight excluding hydrogens is 214 g/mol. The van der Waals surface area contributed by atoms with Crippen molar-refractivity contribution in [3.8, 4) is 0 Å². The molecule has 1 heterocycles. The normalized spacial score (nSPS) is 11.1. The van der Waals surface area contributed by atoms with Gasteiger partial charge < -0.3 is 0 Å². The van der Waals surface area contributed by atoms with Gasteiger partial charge in [-0.2, -0.15) is 5.10 Å². The number of ketones is 1. The number of carbonyl (C=O) groups is 1. The number of alkyl halides is 2. The third-order valence-electron chi connectivity index (χ3n) is 2.46. The summed E-state index contributed by atoms with van der Waals surface area (Å²) >= 11 is 0. The molecule has 0 radical (unpaired) electrons. The van der Waals surface area contributed by atoms with Gasteiger partial charge in [0.25, 0.3) is 6.43 Å². The predicted octanol–water partition coefficient (Wildman–Crippen LogP) is 2.48. The van der Waals surface area contributed by atoms with Crippen LogP contribution in [0.25, 0.3) is 0 Å². The smallest absolute Gasteiger partial charge is 0.257 e. The molecule has 0 atom stereocenters. The average molecular weight is 230 g/mol. The van der Waals surface area contributed by atoms with Crippen LogP contribution in [-0.2, 0) is 19.4 Å².